The van der Waals surface area contributed by atoms with E-state index in [1.54, 1.807) is 10.9 Å². The number of nitrogens with zero attached hydrogens (tertiary/aromatic N) is 7. The highest BCUT2D eigenvalue weighted by atomic mass is 35.5. The molecule has 1 saturated heterocycles. The van der Waals surface area contributed by atoms with Crippen molar-refractivity contribution in [1.29, 1.82) is 5.26 Å². The Morgan fingerprint density at radius 2 is 1.87 bits per heavy atom. The Labute approximate surface area is 311 Å². The van der Waals surface area contributed by atoms with Gasteiger partial charge in [0.2, 0.25) is 6.23 Å². The minimum Gasteiger partial charge on any atom is -0.439 e. The third kappa shape index (κ3) is 10.6. The summed E-state index contributed by atoms with van der Waals surface area (Å²) >= 11 is 6.61. The van der Waals surface area contributed by atoms with Gasteiger partial charge in [0.05, 0.1) is 34.2 Å². The first-order valence-electron chi connectivity index (χ1n) is 18.3. The fourth-order valence-corrected chi connectivity index (χ4v) is 6.60. The number of aromatic nitrogens is 6. The van der Waals surface area contributed by atoms with E-state index in [-0.39, 0.29) is 30.6 Å². The lowest BCUT2D eigenvalue weighted by atomic mass is 9.82. The monoisotopic (exact) mass is 736 g/mol. The van der Waals surface area contributed by atoms with E-state index >= 15 is 0 Å². The average Bonchev–Trinajstić information content (AvgIpc) is 3.59. The van der Waals surface area contributed by atoms with Crippen molar-refractivity contribution < 1.29 is 19.0 Å². The van der Waals surface area contributed by atoms with Gasteiger partial charge in [-0.3, -0.25) is 4.79 Å². The number of nitrogens with one attached hydrogen (secondary N) is 3. The number of hydrogen-bond acceptors (Lipinski definition) is 13. The number of anilines is 2. The Morgan fingerprint density at radius 1 is 1.13 bits per heavy atom. The molecule has 3 aromatic heterocycles. The van der Waals surface area contributed by atoms with Crippen molar-refractivity contribution in [2.45, 2.75) is 111 Å². The molecule has 1 aliphatic carbocycles. The highest BCUT2D eigenvalue weighted by Gasteiger charge is 2.33. The molecule has 3 aromatic rings. The van der Waals surface area contributed by atoms with E-state index in [2.05, 4.69) is 49.5 Å². The SMILES string of the molecule is CC(C)[C@@H](OC(=O)C(C)(C)C)n1nnnc1COC[C@@H](C)N[C@H]1CC[C@H](Nc2cc(-c3cccc(NCC4(C#N)CCOCC4)n3)c(Cl)cn2)CC1. The van der Waals surface area contributed by atoms with Gasteiger partial charge in [-0.1, -0.05) is 31.5 Å². The Morgan fingerprint density at radius 3 is 2.56 bits per heavy atom. The molecular formula is C37H53ClN10O4. The van der Waals surface area contributed by atoms with Crippen LogP contribution in [-0.4, -0.2) is 80.6 Å². The van der Waals surface area contributed by atoms with Crippen molar-refractivity contribution in [1.82, 2.24) is 35.5 Å². The second-order valence-corrected chi connectivity index (χ2v) is 15.8. The molecule has 14 nitrogen and oxygen atoms in total. The predicted molar refractivity (Wildman–Crippen MR) is 198 cm³/mol. The fourth-order valence-electron chi connectivity index (χ4n) is 6.40. The van der Waals surface area contributed by atoms with E-state index in [4.69, 9.17) is 30.8 Å². The zero-order chi connectivity index (χ0) is 37.3. The Hall–Kier alpha value is -3.90. The quantitative estimate of drug-likeness (QED) is 0.151. The number of carbonyl (C=O) groups is 1. The number of carbonyl (C=O) groups excluding carboxylic acids is 1. The predicted octanol–water partition coefficient (Wildman–Crippen LogP) is 6.18. The van der Waals surface area contributed by atoms with Crippen LogP contribution in [0.5, 0.6) is 0 Å². The largest absolute Gasteiger partial charge is 0.439 e. The van der Waals surface area contributed by atoms with Crippen LogP contribution in [0.3, 0.4) is 0 Å². The van der Waals surface area contributed by atoms with Crippen LogP contribution >= 0.6 is 11.6 Å². The van der Waals surface area contributed by atoms with Crippen LogP contribution in [0.2, 0.25) is 5.02 Å². The van der Waals surface area contributed by atoms with Crippen LogP contribution in [0.1, 0.15) is 92.1 Å². The molecule has 52 heavy (non-hydrogen) atoms. The number of ether oxygens (including phenoxy) is 3. The summed E-state index contributed by atoms with van der Waals surface area (Å²) in [5.74, 6) is 1.64. The first-order chi connectivity index (χ1) is 24.9. The maximum absolute atomic E-state index is 12.6. The summed E-state index contributed by atoms with van der Waals surface area (Å²) in [7, 11) is 0. The Kier molecular flexibility index (Phi) is 13.4. The van der Waals surface area contributed by atoms with Gasteiger partial charge in [0, 0.05) is 55.6 Å². The normalized spacial score (nSPS) is 20.1. The highest BCUT2D eigenvalue weighted by molar-refractivity contribution is 6.33. The number of tetrazole rings is 1. The van der Waals surface area contributed by atoms with Gasteiger partial charge in [-0.2, -0.15) is 9.94 Å². The molecule has 0 bridgehead atoms. The summed E-state index contributed by atoms with van der Waals surface area (Å²) < 4.78 is 18.8. The van der Waals surface area contributed by atoms with Crippen molar-refractivity contribution in [3.05, 3.63) is 41.3 Å². The minimum atomic E-state index is -0.635. The molecule has 282 valence electrons. The van der Waals surface area contributed by atoms with Gasteiger partial charge < -0.3 is 30.2 Å². The molecule has 2 fully saturated rings. The van der Waals surface area contributed by atoms with E-state index in [0.29, 0.717) is 61.9 Å². The molecule has 0 spiro atoms. The van der Waals surface area contributed by atoms with Gasteiger partial charge >= 0.3 is 5.97 Å². The molecule has 3 N–H and O–H groups in total. The number of rotatable bonds is 15. The maximum Gasteiger partial charge on any atom is 0.313 e. The summed E-state index contributed by atoms with van der Waals surface area (Å²) in [6.07, 6.45) is 6.47. The van der Waals surface area contributed by atoms with Crippen LogP contribution < -0.4 is 16.0 Å². The fraction of sp³-hybridized carbons (Fsp3) is 0.649. The topological polar surface area (TPSA) is 174 Å². The summed E-state index contributed by atoms with van der Waals surface area (Å²) in [5, 5.41) is 33.1. The molecule has 0 amide bonds. The Balaban J connectivity index is 1.07. The molecule has 0 aromatic carbocycles. The first-order valence-corrected chi connectivity index (χ1v) is 18.7. The van der Waals surface area contributed by atoms with Crippen LogP contribution in [0, 0.1) is 28.1 Å². The van der Waals surface area contributed by atoms with Crippen LogP contribution in [-0.2, 0) is 25.6 Å². The average molecular weight is 737 g/mol. The standard InChI is InChI=1S/C37H53ClN10O4/c1-24(2)34(52-35(49)36(4,5)6)48-33(45-46-47-48)21-51-20-25(3)42-26-10-12-27(13-11-26)43-32-18-28(29(38)19-40-32)30-8-7-9-31(44-30)41-23-37(22-39)14-16-50-17-15-37/h7-9,18-19,24-27,34,42H,10-17,20-21,23H2,1-6H3,(H,40,43)(H,41,44)/t25-,26-,27-,34-/m1/s1. The van der Waals surface area contributed by atoms with E-state index in [1.807, 2.05) is 58.9 Å². The van der Waals surface area contributed by atoms with E-state index in [1.165, 1.54) is 0 Å². The maximum atomic E-state index is 12.6. The third-order valence-electron chi connectivity index (χ3n) is 9.59. The summed E-state index contributed by atoms with van der Waals surface area (Å²) in [4.78, 5) is 22.0. The van der Waals surface area contributed by atoms with Gasteiger partial charge in [0.25, 0.3) is 0 Å². The van der Waals surface area contributed by atoms with Crippen molar-refractivity contribution >= 4 is 29.2 Å². The highest BCUT2D eigenvalue weighted by Crippen LogP contribution is 2.32. The van der Waals surface area contributed by atoms with Crippen molar-refractivity contribution in [2.75, 3.05) is 37.0 Å². The molecule has 15 heteroatoms. The van der Waals surface area contributed by atoms with Gasteiger partial charge in [-0.15, -0.1) is 5.10 Å². The lowest BCUT2D eigenvalue weighted by Crippen LogP contribution is -2.43. The second-order valence-electron chi connectivity index (χ2n) is 15.4. The molecule has 5 rings (SSSR count). The number of halogens is 1. The van der Waals surface area contributed by atoms with Gasteiger partial charge in [-0.05, 0) is 94.8 Å². The van der Waals surface area contributed by atoms with E-state index in [9.17, 15) is 10.1 Å². The lowest BCUT2D eigenvalue weighted by Gasteiger charge is -2.32. The summed E-state index contributed by atoms with van der Waals surface area (Å²) in [6, 6.07) is 11.0. The molecule has 1 saturated carbocycles. The van der Waals surface area contributed by atoms with Crippen LogP contribution in [0.4, 0.5) is 11.6 Å². The van der Waals surface area contributed by atoms with Crippen molar-refractivity contribution in [3.8, 4) is 17.3 Å². The molecule has 2 aliphatic rings. The number of esters is 1. The smallest absolute Gasteiger partial charge is 0.313 e. The van der Waals surface area contributed by atoms with Crippen LogP contribution in [0.15, 0.2) is 30.5 Å². The number of pyridine rings is 2. The molecule has 0 unspecified atom stereocenters. The zero-order valence-corrected chi connectivity index (χ0v) is 31.9. The Bertz CT molecular complexity index is 1660. The third-order valence-corrected chi connectivity index (χ3v) is 9.89. The first kappa shape index (κ1) is 39.3. The zero-order valence-electron chi connectivity index (χ0n) is 31.2. The summed E-state index contributed by atoms with van der Waals surface area (Å²) in [6.45, 7) is 13.9. The minimum absolute atomic E-state index is 0.0277. The van der Waals surface area contributed by atoms with E-state index in [0.717, 1.165) is 42.8 Å². The second kappa shape index (κ2) is 17.7. The molecule has 2 atom stereocenters. The van der Waals surface area contributed by atoms with Crippen molar-refractivity contribution in [3.63, 3.8) is 0 Å². The van der Waals surface area contributed by atoms with Gasteiger partial charge in [-0.25, -0.2) is 9.97 Å². The summed E-state index contributed by atoms with van der Waals surface area (Å²) in [5.41, 5.74) is 0.450. The molecule has 1 aliphatic heterocycles. The van der Waals surface area contributed by atoms with E-state index < -0.39 is 17.1 Å². The number of hydrogen-bond donors (Lipinski definition) is 3. The molecular weight excluding hydrogens is 684 g/mol. The molecule has 0 radical (unpaired) electrons. The van der Waals surface area contributed by atoms with Crippen LogP contribution in [0.25, 0.3) is 11.3 Å². The van der Waals surface area contributed by atoms with Crippen molar-refractivity contribution in [2.24, 2.45) is 16.7 Å². The molecule has 4 heterocycles. The van der Waals surface area contributed by atoms with Gasteiger partial charge in [0.1, 0.15) is 18.2 Å². The van der Waals surface area contributed by atoms with Gasteiger partial charge in [0.15, 0.2) is 5.82 Å². The number of nitriles is 1. The lowest BCUT2D eigenvalue weighted by molar-refractivity contribution is -0.168.